The predicted octanol–water partition coefficient (Wildman–Crippen LogP) is 6.14. The van der Waals surface area contributed by atoms with E-state index in [1.54, 1.807) is 24.3 Å². The molecule has 7 heteroatoms. The number of carbonyl (C=O) groups excluding carboxylic acids is 1. The lowest BCUT2D eigenvalue weighted by molar-refractivity contribution is -0.137. The summed E-state index contributed by atoms with van der Waals surface area (Å²) in [5.41, 5.74) is 1.33. The fraction of sp³-hybridized carbons (Fsp3) is 0.240. The summed E-state index contributed by atoms with van der Waals surface area (Å²) < 4.78 is 45.4. The van der Waals surface area contributed by atoms with Crippen LogP contribution in [0.3, 0.4) is 0 Å². The van der Waals surface area contributed by atoms with E-state index < -0.39 is 17.6 Å². The molecule has 0 aliphatic carbocycles. The number of hydrogen-bond acceptors (Lipinski definition) is 3. The molecule has 3 aromatic rings. The summed E-state index contributed by atoms with van der Waals surface area (Å²) in [4.78, 5) is 14.8. The van der Waals surface area contributed by atoms with Crippen LogP contribution in [-0.4, -0.2) is 19.0 Å². The molecular weight excluding hydrogens is 417 g/mol. The van der Waals surface area contributed by atoms with Crippen molar-refractivity contribution < 1.29 is 22.7 Å². The van der Waals surface area contributed by atoms with Crippen LogP contribution in [0, 0.1) is 0 Å². The number of nitrogens with one attached hydrogen (secondary N) is 1. The van der Waals surface area contributed by atoms with Crippen molar-refractivity contribution in [3.05, 3.63) is 89.5 Å². The van der Waals surface area contributed by atoms with Gasteiger partial charge in [-0.25, -0.2) is 0 Å². The van der Waals surface area contributed by atoms with Crippen LogP contribution >= 0.6 is 0 Å². The van der Waals surface area contributed by atoms with E-state index in [1.807, 2.05) is 35.2 Å². The van der Waals surface area contributed by atoms with Gasteiger partial charge in [0.2, 0.25) is 0 Å². The van der Waals surface area contributed by atoms with Crippen LogP contribution in [0.15, 0.2) is 72.8 Å². The van der Waals surface area contributed by atoms with Crippen molar-refractivity contribution in [2.24, 2.45) is 0 Å². The van der Waals surface area contributed by atoms with Crippen LogP contribution in [0.4, 0.5) is 24.5 Å². The molecule has 1 heterocycles. The quantitative estimate of drug-likeness (QED) is 0.501. The Morgan fingerprint density at radius 1 is 0.938 bits per heavy atom. The first-order chi connectivity index (χ1) is 15.4. The zero-order chi connectivity index (χ0) is 22.6. The third-order valence-electron chi connectivity index (χ3n) is 5.38. The Labute approximate surface area is 184 Å². The second-order valence-electron chi connectivity index (χ2n) is 7.68. The highest BCUT2D eigenvalue weighted by atomic mass is 19.4. The van der Waals surface area contributed by atoms with Crippen molar-refractivity contribution in [3.63, 3.8) is 0 Å². The second-order valence-corrected chi connectivity index (χ2v) is 7.68. The van der Waals surface area contributed by atoms with E-state index in [9.17, 15) is 18.0 Å². The number of amides is 1. The molecule has 1 amide bonds. The fourth-order valence-electron chi connectivity index (χ4n) is 3.68. The molecule has 0 aromatic heterocycles. The molecule has 4 rings (SSSR count). The van der Waals surface area contributed by atoms with E-state index in [2.05, 4.69) is 5.32 Å². The maximum atomic E-state index is 13.2. The monoisotopic (exact) mass is 440 g/mol. The van der Waals surface area contributed by atoms with Crippen molar-refractivity contribution in [1.29, 1.82) is 0 Å². The van der Waals surface area contributed by atoms with Crippen LogP contribution in [0.5, 0.6) is 5.75 Å². The van der Waals surface area contributed by atoms with Crippen molar-refractivity contribution in [2.75, 3.05) is 23.3 Å². The first-order valence-corrected chi connectivity index (χ1v) is 10.4. The highest BCUT2D eigenvalue weighted by Gasteiger charge is 2.32. The maximum Gasteiger partial charge on any atom is 0.416 e. The van der Waals surface area contributed by atoms with Crippen LogP contribution in [0.25, 0.3) is 0 Å². The number of carbonyl (C=O) groups is 1. The summed E-state index contributed by atoms with van der Waals surface area (Å²) in [6, 6.07) is 19.7. The maximum absolute atomic E-state index is 13.2. The van der Waals surface area contributed by atoms with Crippen molar-refractivity contribution in [3.8, 4) is 5.75 Å². The molecule has 1 saturated heterocycles. The van der Waals surface area contributed by atoms with Gasteiger partial charge in [0, 0.05) is 18.7 Å². The summed E-state index contributed by atoms with van der Waals surface area (Å²) in [6.45, 7) is 1.90. The van der Waals surface area contributed by atoms with Gasteiger partial charge in [-0.2, -0.15) is 13.2 Å². The van der Waals surface area contributed by atoms with Gasteiger partial charge in [-0.05, 0) is 60.9 Å². The molecule has 0 atom stereocenters. The third kappa shape index (κ3) is 5.22. The Kier molecular flexibility index (Phi) is 6.35. The lowest BCUT2D eigenvalue weighted by atomic mass is 10.1. The molecular formula is C25H23F3N2O2. The largest absolute Gasteiger partial charge is 0.489 e. The Morgan fingerprint density at radius 3 is 2.28 bits per heavy atom. The van der Waals surface area contributed by atoms with Gasteiger partial charge < -0.3 is 15.0 Å². The number of rotatable bonds is 6. The summed E-state index contributed by atoms with van der Waals surface area (Å²) in [5.74, 6) is 0.126. The van der Waals surface area contributed by atoms with E-state index in [1.165, 1.54) is 6.07 Å². The molecule has 32 heavy (non-hydrogen) atoms. The van der Waals surface area contributed by atoms with Gasteiger partial charge in [-0.3, -0.25) is 4.79 Å². The lowest BCUT2D eigenvalue weighted by Gasteiger charge is -2.23. The number of anilines is 2. The van der Waals surface area contributed by atoms with Gasteiger partial charge in [-0.1, -0.05) is 30.3 Å². The van der Waals surface area contributed by atoms with Crippen LogP contribution in [-0.2, 0) is 12.8 Å². The average molecular weight is 440 g/mol. The van der Waals surface area contributed by atoms with E-state index in [0.717, 1.165) is 43.6 Å². The molecule has 0 radical (unpaired) electrons. The number of hydrogen-bond donors (Lipinski definition) is 1. The van der Waals surface area contributed by atoms with Gasteiger partial charge in [-0.15, -0.1) is 0 Å². The SMILES string of the molecule is O=C(Nc1cc(C(F)(F)F)ccc1N1CCCC1)c1ccc(OCc2ccccc2)cc1. The number of alkyl halides is 3. The molecule has 1 aliphatic rings. The van der Waals surface area contributed by atoms with Gasteiger partial charge in [0.15, 0.2) is 0 Å². The summed E-state index contributed by atoms with van der Waals surface area (Å²) in [5, 5.41) is 2.67. The van der Waals surface area contributed by atoms with E-state index in [-0.39, 0.29) is 5.69 Å². The zero-order valence-corrected chi connectivity index (χ0v) is 17.4. The topological polar surface area (TPSA) is 41.6 Å². The predicted molar refractivity (Wildman–Crippen MR) is 118 cm³/mol. The Hall–Kier alpha value is -3.48. The number of nitrogens with zero attached hydrogens (tertiary/aromatic N) is 1. The minimum Gasteiger partial charge on any atom is -0.489 e. The summed E-state index contributed by atoms with van der Waals surface area (Å²) in [6.07, 6.45) is -2.54. The summed E-state index contributed by atoms with van der Waals surface area (Å²) >= 11 is 0. The molecule has 166 valence electrons. The smallest absolute Gasteiger partial charge is 0.416 e. The van der Waals surface area contributed by atoms with E-state index in [0.29, 0.717) is 23.6 Å². The highest BCUT2D eigenvalue weighted by Crippen LogP contribution is 2.36. The van der Waals surface area contributed by atoms with Crippen molar-refractivity contribution >= 4 is 17.3 Å². The molecule has 0 spiro atoms. The van der Waals surface area contributed by atoms with Gasteiger partial charge in [0.05, 0.1) is 16.9 Å². The van der Waals surface area contributed by atoms with Crippen LogP contribution in [0.2, 0.25) is 0 Å². The van der Waals surface area contributed by atoms with Gasteiger partial charge >= 0.3 is 6.18 Å². The molecule has 3 aromatic carbocycles. The van der Waals surface area contributed by atoms with E-state index in [4.69, 9.17) is 4.74 Å². The first kappa shape index (κ1) is 21.7. The Balaban J connectivity index is 1.48. The minimum atomic E-state index is -4.49. The third-order valence-corrected chi connectivity index (χ3v) is 5.38. The fourth-order valence-corrected chi connectivity index (χ4v) is 3.68. The molecule has 0 unspecified atom stereocenters. The molecule has 0 bridgehead atoms. The van der Waals surface area contributed by atoms with Crippen molar-refractivity contribution in [2.45, 2.75) is 25.6 Å². The molecule has 0 saturated carbocycles. The Bertz CT molecular complexity index is 1060. The highest BCUT2D eigenvalue weighted by molar-refractivity contribution is 6.06. The normalized spacial score (nSPS) is 13.8. The Morgan fingerprint density at radius 2 is 1.62 bits per heavy atom. The van der Waals surface area contributed by atoms with Crippen LogP contribution in [0.1, 0.15) is 34.3 Å². The molecule has 1 aliphatic heterocycles. The molecule has 1 N–H and O–H groups in total. The summed E-state index contributed by atoms with van der Waals surface area (Å²) in [7, 11) is 0. The number of halogens is 3. The van der Waals surface area contributed by atoms with Crippen molar-refractivity contribution in [1.82, 2.24) is 0 Å². The van der Waals surface area contributed by atoms with Crippen LogP contribution < -0.4 is 15.0 Å². The molecule has 4 nitrogen and oxygen atoms in total. The lowest BCUT2D eigenvalue weighted by Crippen LogP contribution is -2.22. The van der Waals surface area contributed by atoms with Gasteiger partial charge in [0.1, 0.15) is 12.4 Å². The van der Waals surface area contributed by atoms with Gasteiger partial charge in [0.25, 0.3) is 5.91 Å². The number of ether oxygens (including phenoxy) is 1. The zero-order valence-electron chi connectivity index (χ0n) is 17.4. The molecule has 1 fully saturated rings. The second kappa shape index (κ2) is 9.34. The number of benzene rings is 3. The first-order valence-electron chi connectivity index (χ1n) is 10.4. The van der Waals surface area contributed by atoms with E-state index >= 15 is 0 Å². The standard InChI is InChI=1S/C25H23F3N2O2/c26-25(27,28)20-10-13-23(30-14-4-5-15-30)22(16-20)29-24(31)19-8-11-21(12-9-19)32-17-18-6-2-1-3-7-18/h1-3,6-13,16H,4-5,14-15,17H2,(H,29,31). The average Bonchev–Trinajstić information content (AvgIpc) is 3.33. The minimum absolute atomic E-state index is 0.163.